The third kappa shape index (κ3) is 3.23. The number of nitrogens with one attached hydrogen (secondary N) is 1. The van der Waals surface area contributed by atoms with Gasteiger partial charge in [-0.05, 0) is 37.6 Å². The average molecular weight is 353 g/mol. The number of aryl methyl sites for hydroxylation is 1. The van der Waals surface area contributed by atoms with Crippen LogP contribution in [0.1, 0.15) is 28.6 Å². The lowest BCUT2D eigenvalue weighted by atomic mass is 10.1. The number of hydrogen-bond acceptors (Lipinski definition) is 4. The van der Waals surface area contributed by atoms with Gasteiger partial charge in [-0.3, -0.25) is 14.2 Å². The molecule has 7 nitrogen and oxygen atoms in total. The fraction of sp³-hybridized carbons (Fsp3) is 0.211. The van der Waals surface area contributed by atoms with Gasteiger partial charge < -0.3 is 14.3 Å². The minimum absolute atomic E-state index is 0.0429. The number of hydrogen-bond donors (Lipinski definition) is 1. The van der Waals surface area contributed by atoms with Crippen molar-refractivity contribution < 1.29 is 9.21 Å². The molecule has 0 aliphatic rings. The summed E-state index contributed by atoms with van der Waals surface area (Å²) in [4.78, 5) is 41.8. The van der Waals surface area contributed by atoms with Gasteiger partial charge in [0.05, 0.1) is 12.8 Å². The van der Waals surface area contributed by atoms with E-state index in [1.165, 1.54) is 17.4 Å². The number of para-hydroxylation sites is 1. The molecular weight excluding hydrogens is 334 g/mol. The third-order valence-electron chi connectivity index (χ3n) is 4.15. The van der Waals surface area contributed by atoms with Crippen LogP contribution in [0.2, 0.25) is 0 Å². The molecule has 0 aliphatic heterocycles. The lowest BCUT2D eigenvalue weighted by molar-refractivity contribution is 0.0985. The molecule has 1 amide bonds. The number of nitrogens with zero attached hydrogens (tertiary/aromatic N) is 2. The van der Waals surface area contributed by atoms with E-state index < -0.39 is 17.2 Å². The van der Waals surface area contributed by atoms with Gasteiger partial charge in [0.2, 0.25) is 0 Å². The maximum atomic E-state index is 13.0. The zero-order valence-electron chi connectivity index (χ0n) is 14.6. The lowest BCUT2D eigenvalue weighted by Crippen LogP contribution is -2.42. The van der Waals surface area contributed by atoms with E-state index in [0.29, 0.717) is 12.3 Å². The van der Waals surface area contributed by atoms with Crippen molar-refractivity contribution in [2.24, 2.45) is 0 Å². The van der Waals surface area contributed by atoms with Gasteiger partial charge >= 0.3 is 5.69 Å². The molecule has 0 saturated carbocycles. The van der Waals surface area contributed by atoms with Crippen LogP contribution in [0.25, 0.3) is 0 Å². The van der Waals surface area contributed by atoms with Crippen molar-refractivity contribution in [1.29, 1.82) is 0 Å². The van der Waals surface area contributed by atoms with Crippen LogP contribution in [-0.2, 0) is 6.54 Å². The molecule has 0 spiro atoms. The SMILES string of the molecule is CCN(C(=O)c1c[nH]c(=O)n(Cc2ccco2)c1=O)c1ccccc1C. The second kappa shape index (κ2) is 7.26. The molecule has 1 N–H and O–H groups in total. The van der Waals surface area contributed by atoms with Gasteiger partial charge in [-0.2, -0.15) is 0 Å². The predicted octanol–water partition coefficient (Wildman–Crippen LogP) is 2.15. The fourth-order valence-electron chi connectivity index (χ4n) is 2.80. The Balaban J connectivity index is 2.03. The summed E-state index contributed by atoms with van der Waals surface area (Å²) in [6, 6.07) is 10.8. The summed E-state index contributed by atoms with van der Waals surface area (Å²) in [5.74, 6) is -0.00954. The molecule has 26 heavy (non-hydrogen) atoms. The monoisotopic (exact) mass is 353 g/mol. The second-order valence-electron chi connectivity index (χ2n) is 5.81. The van der Waals surface area contributed by atoms with Crippen LogP contribution in [0, 0.1) is 6.92 Å². The summed E-state index contributed by atoms with van der Waals surface area (Å²) in [6.07, 6.45) is 2.63. The van der Waals surface area contributed by atoms with Crippen molar-refractivity contribution in [1.82, 2.24) is 9.55 Å². The zero-order chi connectivity index (χ0) is 18.7. The molecular formula is C19H19N3O4. The van der Waals surface area contributed by atoms with Crippen molar-refractivity contribution in [3.05, 3.63) is 86.6 Å². The molecule has 0 bridgehead atoms. The van der Waals surface area contributed by atoms with Crippen molar-refractivity contribution in [2.45, 2.75) is 20.4 Å². The Morgan fingerprint density at radius 2 is 1.96 bits per heavy atom. The molecule has 134 valence electrons. The van der Waals surface area contributed by atoms with Crippen LogP contribution in [0.15, 0.2) is 62.9 Å². The summed E-state index contributed by atoms with van der Waals surface area (Å²) in [5, 5.41) is 0. The van der Waals surface area contributed by atoms with E-state index in [4.69, 9.17) is 4.42 Å². The van der Waals surface area contributed by atoms with Gasteiger partial charge in [0.25, 0.3) is 11.5 Å². The topological polar surface area (TPSA) is 88.3 Å². The third-order valence-corrected chi connectivity index (χ3v) is 4.15. The highest BCUT2D eigenvalue weighted by atomic mass is 16.3. The highest BCUT2D eigenvalue weighted by Gasteiger charge is 2.22. The van der Waals surface area contributed by atoms with Gasteiger partial charge in [-0.25, -0.2) is 4.79 Å². The number of amides is 1. The highest BCUT2D eigenvalue weighted by molar-refractivity contribution is 6.06. The fourth-order valence-corrected chi connectivity index (χ4v) is 2.80. The number of carbonyl (C=O) groups is 1. The van der Waals surface area contributed by atoms with E-state index in [9.17, 15) is 14.4 Å². The number of carbonyl (C=O) groups excluding carboxylic acids is 1. The predicted molar refractivity (Wildman–Crippen MR) is 97.7 cm³/mol. The number of benzene rings is 1. The second-order valence-corrected chi connectivity index (χ2v) is 5.81. The van der Waals surface area contributed by atoms with Crippen LogP contribution in [0.5, 0.6) is 0 Å². The van der Waals surface area contributed by atoms with Gasteiger partial charge in [-0.1, -0.05) is 18.2 Å². The Kier molecular flexibility index (Phi) is 4.88. The Bertz CT molecular complexity index is 1030. The summed E-state index contributed by atoms with van der Waals surface area (Å²) < 4.78 is 6.15. The van der Waals surface area contributed by atoms with E-state index in [1.54, 1.807) is 12.1 Å². The first-order valence-electron chi connectivity index (χ1n) is 8.25. The molecule has 0 radical (unpaired) electrons. The molecule has 0 saturated heterocycles. The van der Waals surface area contributed by atoms with Crippen LogP contribution in [0.4, 0.5) is 5.69 Å². The number of H-pyrrole nitrogens is 1. The molecule has 0 aliphatic carbocycles. The van der Waals surface area contributed by atoms with Gasteiger partial charge in [0, 0.05) is 18.4 Å². The number of aromatic nitrogens is 2. The minimum Gasteiger partial charge on any atom is -0.467 e. The Hall–Kier alpha value is -3.35. The van der Waals surface area contributed by atoms with E-state index >= 15 is 0 Å². The average Bonchev–Trinajstić information content (AvgIpc) is 3.14. The Labute approximate surface area is 149 Å². The number of anilines is 1. The molecule has 3 rings (SSSR count). The smallest absolute Gasteiger partial charge is 0.328 e. The quantitative estimate of drug-likeness (QED) is 0.761. The Morgan fingerprint density at radius 1 is 1.19 bits per heavy atom. The maximum absolute atomic E-state index is 13.0. The highest BCUT2D eigenvalue weighted by Crippen LogP contribution is 2.20. The zero-order valence-corrected chi connectivity index (χ0v) is 14.6. The molecule has 3 aromatic rings. The number of aromatic amines is 1. The maximum Gasteiger partial charge on any atom is 0.328 e. The van der Waals surface area contributed by atoms with Crippen molar-refractivity contribution in [2.75, 3.05) is 11.4 Å². The first-order chi connectivity index (χ1) is 12.5. The summed E-state index contributed by atoms with van der Waals surface area (Å²) in [5.41, 5.74) is 0.302. The van der Waals surface area contributed by atoms with Crippen LogP contribution in [0.3, 0.4) is 0 Å². The van der Waals surface area contributed by atoms with E-state index in [0.717, 1.165) is 15.8 Å². The molecule has 0 atom stereocenters. The van der Waals surface area contributed by atoms with E-state index in [-0.39, 0.29) is 12.1 Å². The summed E-state index contributed by atoms with van der Waals surface area (Å²) in [7, 11) is 0. The molecule has 1 aromatic carbocycles. The standard InChI is InChI=1S/C19H19N3O4/c1-3-21(16-9-5-4-7-13(16)2)17(23)15-11-20-19(25)22(18(15)24)12-14-8-6-10-26-14/h4-11H,3,12H2,1-2H3,(H,20,25). The molecule has 2 aromatic heterocycles. The summed E-state index contributed by atoms with van der Waals surface area (Å²) in [6.45, 7) is 4.07. The number of rotatable bonds is 5. The lowest BCUT2D eigenvalue weighted by Gasteiger charge is -2.22. The molecule has 7 heteroatoms. The minimum atomic E-state index is -0.651. The molecule has 0 unspecified atom stereocenters. The molecule has 0 fully saturated rings. The van der Waals surface area contributed by atoms with Crippen LogP contribution < -0.4 is 16.1 Å². The Morgan fingerprint density at radius 3 is 2.62 bits per heavy atom. The summed E-state index contributed by atoms with van der Waals surface area (Å²) >= 11 is 0. The van der Waals surface area contributed by atoms with Crippen LogP contribution in [-0.4, -0.2) is 22.0 Å². The van der Waals surface area contributed by atoms with E-state index in [1.807, 2.05) is 38.1 Å². The van der Waals surface area contributed by atoms with Crippen molar-refractivity contribution in [3.63, 3.8) is 0 Å². The van der Waals surface area contributed by atoms with Crippen molar-refractivity contribution >= 4 is 11.6 Å². The first-order valence-corrected chi connectivity index (χ1v) is 8.25. The van der Waals surface area contributed by atoms with Gasteiger partial charge in [0.15, 0.2) is 0 Å². The van der Waals surface area contributed by atoms with E-state index in [2.05, 4.69) is 4.98 Å². The van der Waals surface area contributed by atoms with Crippen LogP contribution >= 0.6 is 0 Å². The normalized spacial score (nSPS) is 10.7. The number of furan rings is 1. The largest absolute Gasteiger partial charge is 0.467 e. The van der Waals surface area contributed by atoms with Crippen molar-refractivity contribution in [3.8, 4) is 0 Å². The molecule has 2 heterocycles. The van der Waals surface area contributed by atoms with Gasteiger partial charge in [0.1, 0.15) is 11.3 Å². The van der Waals surface area contributed by atoms with Gasteiger partial charge in [-0.15, -0.1) is 0 Å². The first kappa shape index (κ1) is 17.5.